The first-order valence-electron chi connectivity index (χ1n) is 3.31. The molecule has 0 radical (unpaired) electrons. The van der Waals surface area contributed by atoms with Crippen LogP contribution in [-0.2, 0) is 4.79 Å². The van der Waals surface area contributed by atoms with Gasteiger partial charge in [-0.05, 0) is 6.42 Å². The van der Waals surface area contributed by atoms with Crippen LogP contribution in [0, 0.1) is 0 Å². The van der Waals surface area contributed by atoms with E-state index in [2.05, 4.69) is 19.6 Å². The molecular weight excluding hydrogens is 148 g/mol. The topological polar surface area (TPSA) is 37.3 Å². The number of rotatable bonds is 4. The van der Waals surface area contributed by atoms with E-state index in [1.165, 1.54) is 0 Å². The maximum Gasteiger partial charge on any atom is 0.341 e. The fraction of sp³-hybridized carbons (Fsp3) is 0.571. The summed E-state index contributed by atoms with van der Waals surface area (Å²) in [7, 11) is 0. The van der Waals surface area contributed by atoms with Crippen molar-refractivity contribution in [2.75, 3.05) is 0 Å². The third-order valence-electron chi connectivity index (χ3n) is 1.11. The van der Waals surface area contributed by atoms with Gasteiger partial charge in [-0.2, -0.15) is 0 Å². The Kier molecular flexibility index (Phi) is 5.12. The maximum atomic E-state index is 10.1. The molecule has 0 atom stereocenters. The van der Waals surface area contributed by atoms with Gasteiger partial charge in [0.25, 0.3) is 0 Å². The quantitative estimate of drug-likeness (QED) is 0.375. The second kappa shape index (κ2) is 5.35. The van der Waals surface area contributed by atoms with E-state index < -0.39 is 5.97 Å². The predicted molar refractivity (Wildman–Crippen MR) is 44.2 cm³/mol. The number of carboxylic acids is 1. The molecule has 0 aromatic heterocycles. The van der Waals surface area contributed by atoms with Crippen molar-refractivity contribution in [2.24, 2.45) is 0 Å². The summed E-state index contributed by atoms with van der Waals surface area (Å²) in [5.74, 6) is -0.945. The fourth-order valence-corrected chi connectivity index (χ4v) is 0.659. The molecule has 0 amide bonds. The lowest BCUT2D eigenvalue weighted by Crippen LogP contribution is -1.93. The number of thiol groups is 1. The minimum atomic E-state index is -0.945. The summed E-state index contributed by atoms with van der Waals surface area (Å²) in [6.07, 6.45) is 4.55. The van der Waals surface area contributed by atoms with Crippen LogP contribution in [0.25, 0.3) is 0 Å². The van der Waals surface area contributed by atoms with Crippen molar-refractivity contribution >= 4 is 18.6 Å². The van der Waals surface area contributed by atoms with Gasteiger partial charge in [0, 0.05) is 0 Å². The van der Waals surface area contributed by atoms with Gasteiger partial charge < -0.3 is 5.11 Å². The van der Waals surface area contributed by atoms with E-state index in [1.54, 1.807) is 6.08 Å². The molecule has 0 aromatic rings. The standard InChI is InChI=1S/C7H12O2S/c1-2-3-4-5-6(10)7(8)9/h5,10H,2-4H2,1H3,(H,8,9). The SMILES string of the molecule is CCCCC=C(S)C(=O)O. The molecule has 0 saturated heterocycles. The molecule has 0 aliphatic carbocycles. The molecule has 1 N–H and O–H groups in total. The Hall–Kier alpha value is -0.440. The summed E-state index contributed by atoms with van der Waals surface area (Å²) in [4.78, 5) is 10.3. The van der Waals surface area contributed by atoms with Crippen molar-refractivity contribution < 1.29 is 9.90 Å². The highest BCUT2D eigenvalue weighted by molar-refractivity contribution is 7.85. The number of hydrogen-bond acceptors (Lipinski definition) is 2. The number of hydrogen-bond donors (Lipinski definition) is 2. The van der Waals surface area contributed by atoms with Gasteiger partial charge in [0.05, 0.1) is 4.91 Å². The molecule has 58 valence electrons. The Labute approximate surface area is 66.4 Å². The molecule has 3 heteroatoms. The fourth-order valence-electron chi connectivity index (χ4n) is 0.530. The lowest BCUT2D eigenvalue weighted by atomic mass is 10.2. The summed E-state index contributed by atoms with van der Waals surface area (Å²) in [5, 5.41) is 8.34. The van der Waals surface area contributed by atoms with Crippen LogP contribution >= 0.6 is 12.6 Å². The second-order valence-electron chi connectivity index (χ2n) is 2.04. The van der Waals surface area contributed by atoms with Gasteiger partial charge >= 0.3 is 5.97 Å². The highest BCUT2D eigenvalue weighted by Crippen LogP contribution is 2.04. The Balaban J connectivity index is 3.58. The normalized spacial score (nSPS) is 11.6. The zero-order valence-corrected chi connectivity index (χ0v) is 6.90. The van der Waals surface area contributed by atoms with Crippen molar-refractivity contribution in [1.82, 2.24) is 0 Å². The molecule has 10 heavy (non-hydrogen) atoms. The van der Waals surface area contributed by atoms with Crippen molar-refractivity contribution in [3.63, 3.8) is 0 Å². The number of carbonyl (C=O) groups is 1. The lowest BCUT2D eigenvalue weighted by molar-refractivity contribution is -0.131. The van der Waals surface area contributed by atoms with Crippen LogP contribution in [0.4, 0.5) is 0 Å². The Bertz CT molecular complexity index is 141. The molecular formula is C7H12O2S. The number of unbranched alkanes of at least 4 members (excludes halogenated alkanes) is 2. The molecule has 0 unspecified atom stereocenters. The van der Waals surface area contributed by atoms with Gasteiger partial charge in [-0.1, -0.05) is 25.8 Å². The summed E-state index contributed by atoms with van der Waals surface area (Å²) in [6.45, 7) is 2.06. The van der Waals surface area contributed by atoms with Crippen molar-refractivity contribution in [3.05, 3.63) is 11.0 Å². The number of carboxylic acid groups (broad SMARTS) is 1. The van der Waals surface area contributed by atoms with E-state index in [-0.39, 0.29) is 4.91 Å². The highest BCUT2D eigenvalue weighted by atomic mass is 32.1. The van der Waals surface area contributed by atoms with Crippen LogP contribution < -0.4 is 0 Å². The molecule has 0 bridgehead atoms. The van der Waals surface area contributed by atoms with E-state index in [4.69, 9.17) is 5.11 Å². The van der Waals surface area contributed by atoms with Crippen LogP contribution in [0.5, 0.6) is 0 Å². The molecule has 2 nitrogen and oxygen atoms in total. The Morgan fingerprint density at radius 3 is 2.70 bits per heavy atom. The van der Waals surface area contributed by atoms with Crippen molar-refractivity contribution in [2.45, 2.75) is 26.2 Å². The zero-order chi connectivity index (χ0) is 7.98. The highest BCUT2D eigenvalue weighted by Gasteiger charge is 1.97. The molecule has 0 spiro atoms. The average molecular weight is 160 g/mol. The number of allylic oxidation sites excluding steroid dienone is 1. The van der Waals surface area contributed by atoms with Crippen LogP contribution in [0.3, 0.4) is 0 Å². The van der Waals surface area contributed by atoms with E-state index in [0.29, 0.717) is 0 Å². The van der Waals surface area contributed by atoms with Crippen molar-refractivity contribution in [3.8, 4) is 0 Å². The first-order chi connectivity index (χ1) is 4.68. The third kappa shape index (κ3) is 4.44. The minimum absolute atomic E-state index is 0.147. The second-order valence-corrected chi connectivity index (χ2v) is 2.52. The third-order valence-corrected chi connectivity index (χ3v) is 1.49. The van der Waals surface area contributed by atoms with Crippen molar-refractivity contribution in [1.29, 1.82) is 0 Å². The first kappa shape index (κ1) is 9.56. The Morgan fingerprint density at radius 1 is 1.70 bits per heavy atom. The minimum Gasteiger partial charge on any atom is -0.477 e. The molecule has 0 aromatic carbocycles. The van der Waals surface area contributed by atoms with E-state index >= 15 is 0 Å². The largest absolute Gasteiger partial charge is 0.477 e. The molecule has 0 heterocycles. The summed E-state index contributed by atoms with van der Waals surface area (Å²) in [5.41, 5.74) is 0. The molecule has 0 aliphatic heterocycles. The zero-order valence-electron chi connectivity index (χ0n) is 6.00. The van der Waals surface area contributed by atoms with E-state index in [1.807, 2.05) is 0 Å². The van der Waals surface area contributed by atoms with Crippen LogP contribution in [0.2, 0.25) is 0 Å². The summed E-state index contributed by atoms with van der Waals surface area (Å²) >= 11 is 3.76. The lowest BCUT2D eigenvalue weighted by Gasteiger charge is -1.91. The van der Waals surface area contributed by atoms with Gasteiger partial charge in [0.2, 0.25) is 0 Å². The Morgan fingerprint density at radius 2 is 2.30 bits per heavy atom. The molecule has 0 rings (SSSR count). The maximum absolute atomic E-state index is 10.1. The van der Waals surface area contributed by atoms with E-state index in [0.717, 1.165) is 19.3 Å². The first-order valence-corrected chi connectivity index (χ1v) is 3.75. The van der Waals surface area contributed by atoms with Gasteiger partial charge in [-0.25, -0.2) is 4.79 Å². The molecule has 0 aliphatic rings. The average Bonchev–Trinajstić information content (AvgIpc) is 1.88. The summed E-state index contributed by atoms with van der Waals surface area (Å²) < 4.78 is 0. The van der Waals surface area contributed by atoms with Gasteiger partial charge in [-0.15, -0.1) is 12.6 Å². The molecule has 0 saturated carbocycles. The van der Waals surface area contributed by atoms with Crippen LogP contribution in [-0.4, -0.2) is 11.1 Å². The monoisotopic (exact) mass is 160 g/mol. The summed E-state index contributed by atoms with van der Waals surface area (Å²) in [6, 6.07) is 0. The van der Waals surface area contributed by atoms with Gasteiger partial charge in [0.15, 0.2) is 0 Å². The molecule has 0 fully saturated rings. The van der Waals surface area contributed by atoms with Gasteiger partial charge in [-0.3, -0.25) is 0 Å². The predicted octanol–water partition coefficient (Wildman–Crippen LogP) is 2.07. The van der Waals surface area contributed by atoms with Crippen LogP contribution in [0.15, 0.2) is 11.0 Å². The van der Waals surface area contributed by atoms with Crippen LogP contribution in [0.1, 0.15) is 26.2 Å². The number of aliphatic carboxylic acids is 1. The van der Waals surface area contributed by atoms with Gasteiger partial charge in [0.1, 0.15) is 0 Å². The van der Waals surface area contributed by atoms with E-state index in [9.17, 15) is 4.79 Å². The smallest absolute Gasteiger partial charge is 0.341 e.